The molecule has 98 valence electrons. The maximum absolute atomic E-state index is 11.8. The van der Waals surface area contributed by atoms with Crippen LogP contribution in [-0.4, -0.2) is 57.4 Å². The van der Waals surface area contributed by atoms with Gasteiger partial charge < -0.3 is 10.1 Å². The molecule has 0 amide bonds. The van der Waals surface area contributed by atoms with Gasteiger partial charge in [0.05, 0.1) is 12.4 Å². The zero-order valence-corrected chi connectivity index (χ0v) is 11.4. The molecule has 0 radical (unpaired) electrons. The van der Waals surface area contributed by atoms with Crippen LogP contribution in [0, 0.1) is 0 Å². The van der Waals surface area contributed by atoms with E-state index in [2.05, 4.69) is 5.32 Å². The lowest BCUT2D eigenvalue weighted by Crippen LogP contribution is -2.52. The summed E-state index contributed by atoms with van der Waals surface area (Å²) >= 11 is 0. The minimum Gasteiger partial charge on any atom is -0.381 e. The number of piperazine rings is 1. The number of hydrogen-bond donors (Lipinski definition) is 1. The molecular weight excluding hydrogens is 252 g/mol. The summed E-state index contributed by atoms with van der Waals surface area (Å²) < 4.78 is 30.3. The second-order valence-electron chi connectivity index (χ2n) is 3.73. The Hall–Kier alpha value is 0.120. The van der Waals surface area contributed by atoms with E-state index < -0.39 is 10.0 Å². The molecule has 0 unspecified atom stereocenters. The predicted molar refractivity (Wildman–Crippen MR) is 66.6 cm³/mol. The first-order valence-corrected chi connectivity index (χ1v) is 6.96. The second-order valence-corrected chi connectivity index (χ2v) is 5.81. The van der Waals surface area contributed by atoms with Crippen LogP contribution in [0.2, 0.25) is 0 Å². The highest BCUT2D eigenvalue weighted by atomic mass is 35.5. The van der Waals surface area contributed by atoms with E-state index in [0.717, 1.165) is 6.54 Å². The van der Waals surface area contributed by atoms with Gasteiger partial charge in [-0.1, -0.05) is 0 Å². The van der Waals surface area contributed by atoms with Crippen LogP contribution in [0.3, 0.4) is 0 Å². The molecule has 0 aromatic heterocycles. The molecular formula is C9H21ClN2O3S. The molecule has 0 spiro atoms. The fourth-order valence-electron chi connectivity index (χ4n) is 1.59. The molecule has 1 aliphatic rings. The highest BCUT2D eigenvalue weighted by Gasteiger charge is 2.26. The SMILES string of the molecule is CCOCCS(=O)(=O)N1CCN[C@@H](C)C1.Cl. The van der Waals surface area contributed by atoms with Gasteiger partial charge in [0.15, 0.2) is 0 Å². The first kappa shape index (κ1) is 16.1. The summed E-state index contributed by atoms with van der Waals surface area (Å²) in [4.78, 5) is 0. The monoisotopic (exact) mass is 272 g/mol. The third-order valence-corrected chi connectivity index (χ3v) is 4.22. The zero-order chi connectivity index (χ0) is 11.3. The lowest BCUT2D eigenvalue weighted by Gasteiger charge is -2.30. The van der Waals surface area contributed by atoms with E-state index in [9.17, 15) is 8.42 Å². The van der Waals surface area contributed by atoms with Crippen molar-refractivity contribution in [2.75, 3.05) is 38.6 Å². The molecule has 1 heterocycles. The average Bonchev–Trinajstić information content (AvgIpc) is 2.18. The number of hydrogen-bond acceptors (Lipinski definition) is 4. The normalized spacial score (nSPS) is 22.8. The Morgan fingerprint density at radius 2 is 2.19 bits per heavy atom. The number of halogens is 1. The maximum Gasteiger partial charge on any atom is 0.216 e. The third-order valence-electron chi connectivity index (χ3n) is 2.41. The van der Waals surface area contributed by atoms with Crippen LogP contribution in [0.5, 0.6) is 0 Å². The Balaban J connectivity index is 0.00000225. The standard InChI is InChI=1S/C9H20N2O3S.ClH/c1-3-14-6-7-15(12,13)11-5-4-10-9(2)8-11;/h9-10H,3-8H2,1-2H3;1H/t9-;/m0./s1. The molecule has 1 atom stereocenters. The molecule has 7 heteroatoms. The Morgan fingerprint density at radius 3 is 2.75 bits per heavy atom. The van der Waals surface area contributed by atoms with Gasteiger partial charge in [-0.05, 0) is 13.8 Å². The first-order chi connectivity index (χ1) is 7.06. The van der Waals surface area contributed by atoms with Gasteiger partial charge in [-0.15, -0.1) is 12.4 Å². The van der Waals surface area contributed by atoms with E-state index >= 15 is 0 Å². The highest BCUT2D eigenvalue weighted by molar-refractivity contribution is 7.89. The quantitative estimate of drug-likeness (QED) is 0.720. The van der Waals surface area contributed by atoms with Crippen LogP contribution in [-0.2, 0) is 14.8 Å². The van der Waals surface area contributed by atoms with Crippen molar-refractivity contribution >= 4 is 22.4 Å². The lowest BCUT2D eigenvalue weighted by molar-refractivity contribution is 0.162. The fourth-order valence-corrected chi connectivity index (χ4v) is 2.99. The summed E-state index contributed by atoms with van der Waals surface area (Å²) in [6, 6.07) is 0.237. The van der Waals surface area contributed by atoms with Gasteiger partial charge in [0, 0.05) is 32.3 Å². The van der Waals surface area contributed by atoms with Crippen LogP contribution < -0.4 is 5.32 Å². The summed E-state index contributed by atoms with van der Waals surface area (Å²) in [6.45, 7) is 6.57. The number of sulfonamides is 1. The number of ether oxygens (including phenoxy) is 1. The first-order valence-electron chi connectivity index (χ1n) is 5.35. The van der Waals surface area contributed by atoms with Gasteiger partial charge in [-0.3, -0.25) is 0 Å². The van der Waals surface area contributed by atoms with E-state index in [1.165, 1.54) is 0 Å². The van der Waals surface area contributed by atoms with Crippen molar-refractivity contribution in [3.8, 4) is 0 Å². The maximum atomic E-state index is 11.8. The third kappa shape index (κ3) is 4.97. The molecule has 1 fully saturated rings. The van der Waals surface area contributed by atoms with Crippen LogP contribution in [0.4, 0.5) is 0 Å². The molecule has 16 heavy (non-hydrogen) atoms. The van der Waals surface area contributed by atoms with Gasteiger partial charge >= 0.3 is 0 Å². The smallest absolute Gasteiger partial charge is 0.216 e. The molecule has 5 nitrogen and oxygen atoms in total. The Labute approximate surface area is 104 Å². The topological polar surface area (TPSA) is 58.6 Å². The van der Waals surface area contributed by atoms with Gasteiger partial charge in [0.2, 0.25) is 10.0 Å². The molecule has 0 saturated carbocycles. The van der Waals surface area contributed by atoms with Crippen LogP contribution in [0.15, 0.2) is 0 Å². The van der Waals surface area contributed by atoms with E-state index in [4.69, 9.17) is 4.74 Å². The molecule has 0 aromatic rings. The van der Waals surface area contributed by atoms with Gasteiger partial charge in [0.25, 0.3) is 0 Å². The summed E-state index contributed by atoms with van der Waals surface area (Å²) in [5, 5.41) is 3.21. The van der Waals surface area contributed by atoms with Crippen molar-refractivity contribution in [2.45, 2.75) is 19.9 Å². The van der Waals surface area contributed by atoms with Crippen molar-refractivity contribution in [1.29, 1.82) is 0 Å². The van der Waals surface area contributed by atoms with Crippen LogP contribution in [0.1, 0.15) is 13.8 Å². The molecule has 1 rings (SSSR count). The Morgan fingerprint density at radius 1 is 1.50 bits per heavy atom. The zero-order valence-electron chi connectivity index (χ0n) is 9.81. The van der Waals surface area contributed by atoms with Gasteiger partial charge in [-0.2, -0.15) is 4.31 Å². The number of rotatable bonds is 5. The van der Waals surface area contributed by atoms with E-state index in [-0.39, 0.29) is 30.8 Å². The summed E-state index contributed by atoms with van der Waals surface area (Å²) in [6.07, 6.45) is 0. The fraction of sp³-hybridized carbons (Fsp3) is 1.00. The van der Waals surface area contributed by atoms with E-state index in [1.54, 1.807) is 4.31 Å². The Kier molecular flexibility index (Phi) is 7.50. The largest absolute Gasteiger partial charge is 0.381 e. The van der Waals surface area contributed by atoms with Crippen LogP contribution in [0.25, 0.3) is 0 Å². The van der Waals surface area contributed by atoms with Crippen molar-refractivity contribution < 1.29 is 13.2 Å². The predicted octanol–water partition coefficient (Wildman–Crippen LogP) is 0.0682. The van der Waals surface area contributed by atoms with Gasteiger partial charge in [0.1, 0.15) is 0 Å². The molecule has 0 aromatic carbocycles. The van der Waals surface area contributed by atoms with E-state index in [1.807, 2.05) is 13.8 Å². The molecule has 1 aliphatic heterocycles. The van der Waals surface area contributed by atoms with Gasteiger partial charge in [-0.25, -0.2) is 8.42 Å². The second kappa shape index (κ2) is 7.45. The molecule has 0 aliphatic carbocycles. The average molecular weight is 273 g/mol. The Bertz CT molecular complexity index is 284. The van der Waals surface area contributed by atoms with Crippen LogP contribution >= 0.6 is 12.4 Å². The molecule has 1 saturated heterocycles. The minimum absolute atomic E-state index is 0. The van der Waals surface area contributed by atoms with E-state index in [0.29, 0.717) is 19.7 Å². The highest BCUT2D eigenvalue weighted by Crippen LogP contribution is 2.06. The summed E-state index contributed by atoms with van der Waals surface area (Å²) in [5.41, 5.74) is 0. The number of nitrogens with zero attached hydrogens (tertiary/aromatic N) is 1. The van der Waals surface area contributed by atoms with Crippen molar-refractivity contribution in [3.05, 3.63) is 0 Å². The molecule has 0 bridgehead atoms. The minimum atomic E-state index is -3.12. The van der Waals surface area contributed by atoms with Crippen molar-refractivity contribution in [1.82, 2.24) is 9.62 Å². The summed E-state index contributed by atoms with van der Waals surface area (Å²) in [7, 11) is -3.12. The molecule has 1 N–H and O–H groups in total. The van der Waals surface area contributed by atoms with Crippen molar-refractivity contribution in [3.63, 3.8) is 0 Å². The summed E-state index contributed by atoms with van der Waals surface area (Å²) in [5.74, 6) is 0.0908. The number of nitrogens with one attached hydrogen (secondary N) is 1. The van der Waals surface area contributed by atoms with Crippen molar-refractivity contribution in [2.24, 2.45) is 0 Å². The lowest BCUT2D eigenvalue weighted by atomic mass is 10.3.